The fourth-order valence-corrected chi connectivity index (χ4v) is 4.08. The second-order valence-corrected chi connectivity index (χ2v) is 7.67. The van der Waals surface area contributed by atoms with Crippen LogP contribution in [0.1, 0.15) is 16.7 Å². The first kappa shape index (κ1) is 18.0. The van der Waals surface area contributed by atoms with Crippen molar-refractivity contribution in [3.8, 4) is 0 Å². The molecule has 2 aromatic heterocycles. The summed E-state index contributed by atoms with van der Waals surface area (Å²) in [5, 5.41) is 1.23. The Morgan fingerprint density at radius 2 is 1.93 bits per heavy atom. The molecule has 0 radical (unpaired) electrons. The molecule has 2 heterocycles. The van der Waals surface area contributed by atoms with Crippen molar-refractivity contribution < 1.29 is 4.39 Å². The Hall–Kier alpha value is -2.37. The molecule has 0 aliphatic rings. The number of benzene rings is 2. The number of thioether (sulfide) groups is 1. The van der Waals surface area contributed by atoms with Gasteiger partial charge < -0.3 is 4.57 Å². The Balaban J connectivity index is 1.70. The quantitative estimate of drug-likeness (QED) is 0.394. The number of imidazole rings is 1. The van der Waals surface area contributed by atoms with E-state index in [0.717, 1.165) is 21.9 Å². The molecule has 4 rings (SSSR count). The lowest BCUT2D eigenvalue weighted by Gasteiger charge is -2.11. The SMILES string of the molecule is Cc1ccc(CSc2nc3ccncc3n2Cc2c(F)cccc2Cl)cc1. The number of pyridine rings is 1. The van der Waals surface area contributed by atoms with Crippen molar-refractivity contribution >= 4 is 34.4 Å². The van der Waals surface area contributed by atoms with Crippen LogP contribution in [0.25, 0.3) is 11.0 Å². The Bertz CT molecular complexity index is 1070. The van der Waals surface area contributed by atoms with Crippen LogP contribution < -0.4 is 0 Å². The summed E-state index contributed by atoms with van der Waals surface area (Å²) in [6, 6.07) is 15.0. The molecule has 0 spiro atoms. The van der Waals surface area contributed by atoms with E-state index in [1.54, 1.807) is 36.3 Å². The van der Waals surface area contributed by atoms with Gasteiger partial charge in [-0.3, -0.25) is 4.98 Å². The summed E-state index contributed by atoms with van der Waals surface area (Å²) in [5.41, 5.74) is 4.61. The van der Waals surface area contributed by atoms with Gasteiger partial charge in [0.1, 0.15) is 5.82 Å². The standard InChI is InChI=1S/C21H17ClFN3S/c1-14-5-7-15(8-6-14)13-27-21-25-19-9-10-24-11-20(19)26(21)12-16-17(22)3-2-4-18(16)23/h2-11H,12-13H2,1H3. The highest BCUT2D eigenvalue weighted by atomic mass is 35.5. The Kier molecular flexibility index (Phi) is 5.14. The van der Waals surface area contributed by atoms with E-state index < -0.39 is 0 Å². The lowest BCUT2D eigenvalue weighted by atomic mass is 10.2. The molecule has 4 aromatic rings. The monoisotopic (exact) mass is 397 g/mol. The Morgan fingerprint density at radius 3 is 2.70 bits per heavy atom. The Morgan fingerprint density at radius 1 is 1.11 bits per heavy atom. The van der Waals surface area contributed by atoms with Crippen molar-refractivity contribution in [3.63, 3.8) is 0 Å². The van der Waals surface area contributed by atoms with Crippen LogP contribution >= 0.6 is 23.4 Å². The van der Waals surface area contributed by atoms with Gasteiger partial charge in [0.15, 0.2) is 5.16 Å². The molecule has 0 unspecified atom stereocenters. The third-order valence-electron chi connectivity index (χ3n) is 4.38. The van der Waals surface area contributed by atoms with E-state index in [9.17, 15) is 4.39 Å². The number of halogens is 2. The number of nitrogens with zero attached hydrogens (tertiary/aromatic N) is 3. The lowest BCUT2D eigenvalue weighted by Crippen LogP contribution is -2.04. The number of aromatic nitrogens is 3. The van der Waals surface area contributed by atoms with Gasteiger partial charge >= 0.3 is 0 Å². The number of aryl methyl sites for hydroxylation is 1. The summed E-state index contributed by atoms with van der Waals surface area (Å²) >= 11 is 7.86. The summed E-state index contributed by atoms with van der Waals surface area (Å²) in [6.45, 7) is 2.38. The molecular weight excluding hydrogens is 381 g/mol. The van der Waals surface area contributed by atoms with Crippen LogP contribution in [0.15, 0.2) is 66.1 Å². The first-order valence-corrected chi connectivity index (χ1v) is 9.89. The van der Waals surface area contributed by atoms with Gasteiger partial charge in [-0.1, -0.05) is 59.3 Å². The van der Waals surface area contributed by atoms with E-state index in [1.807, 2.05) is 10.6 Å². The summed E-state index contributed by atoms with van der Waals surface area (Å²) in [6.07, 6.45) is 3.47. The van der Waals surface area contributed by atoms with Crippen LogP contribution in [-0.4, -0.2) is 14.5 Å². The van der Waals surface area contributed by atoms with Gasteiger partial charge in [-0.25, -0.2) is 9.37 Å². The maximum atomic E-state index is 14.3. The van der Waals surface area contributed by atoms with Crippen LogP contribution in [0.5, 0.6) is 0 Å². The first-order chi connectivity index (χ1) is 13.1. The van der Waals surface area contributed by atoms with E-state index in [2.05, 4.69) is 36.2 Å². The maximum Gasteiger partial charge on any atom is 0.169 e. The van der Waals surface area contributed by atoms with Crippen LogP contribution in [0.2, 0.25) is 5.02 Å². The number of hydrogen-bond donors (Lipinski definition) is 0. The highest BCUT2D eigenvalue weighted by Crippen LogP contribution is 2.29. The Labute approximate surface area is 166 Å². The maximum absolute atomic E-state index is 14.3. The molecule has 0 saturated carbocycles. The molecule has 27 heavy (non-hydrogen) atoms. The van der Waals surface area contributed by atoms with Crippen molar-refractivity contribution in [2.45, 2.75) is 24.4 Å². The van der Waals surface area contributed by atoms with Crippen molar-refractivity contribution in [1.29, 1.82) is 0 Å². The van der Waals surface area contributed by atoms with Gasteiger partial charge in [-0.2, -0.15) is 0 Å². The van der Waals surface area contributed by atoms with Crippen LogP contribution in [0.3, 0.4) is 0 Å². The minimum Gasteiger partial charge on any atom is -0.313 e. The van der Waals surface area contributed by atoms with E-state index in [1.165, 1.54) is 17.2 Å². The summed E-state index contributed by atoms with van der Waals surface area (Å²) < 4.78 is 16.3. The third-order valence-corrected chi connectivity index (χ3v) is 5.78. The van der Waals surface area contributed by atoms with Gasteiger partial charge in [0.05, 0.1) is 23.8 Å². The lowest BCUT2D eigenvalue weighted by molar-refractivity contribution is 0.594. The van der Waals surface area contributed by atoms with Crippen molar-refractivity contribution in [3.05, 3.63) is 88.5 Å². The highest BCUT2D eigenvalue weighted by molar-refractivity contribution is 7.98. The minimum absolute atomic E-state index is 0.309. The van der Waals surface area contributed by atoms with Gasteiger partial charge in [-0.15, -0.1) is 0 Å². The summed E-state index contributed by atoms with van der Waals surface area (Å²) in [7, 11) is 0. The second kappa shape index (κ2) is 7.71. The molecule has 0 aliphatic heterocycles. The van der Waals surface area contributed by atoms with Gasteiger partial charge in [-0.05, 0) is 30.7 Å². The molecule has 0 bridgehead atoms. The molecule has 0 N–H and O–H groups in total. The molecule has 2 aromatic carbocycles. The number of fused-ring (bicyclic) bond motifs is 1. The predicted molar refractivity (Wildman–Crippen MR) is 109 cm³/mol. The number of hydrogen-bond acceptors (Lipinski definition) is 3. The zero-order valence-electron chi connectivity index (χ0n) is 14.7. The summed E-state index contributed by atoms with van der Waals surface area (Å²) in [5.74, 6) is 0.463. The zero-order valence-corrected chi connectivity index (χ0v) is 16.3. The fraction of sp³-hybridized carbons (Fsp3) is 0.143. The molecule has 0 aliphatic carbocycles. The first-order valence-electron chi connectivity index (χ1n) is 8.53. The molecular formula is C21H17ClFN3S. The van der Waals surface area contributed by atoms with Crippen LogP contribution in [0.4, 0.5) is 4.39 Å². The highest BCUT2D eigenvalue weighted by Gasteiger charge is 2.15. The molecule has 0 amide bonds. The smallest absolute Gasteiger partial charge is 0.169 e. The van der Waals surface area contributed by atoms with Crippen LogP contribution in [-0.2, 0) is 12.3 Å². The topological polar surface area (TPSA) is 30.7 Å². The van der Waals surface area contributed by atoms with E-state index in [-0.39, 0.29) is 5.82 Å². The van der Waals surface area contributed by atoms with Crippen LogP contribution in [0, 0.1) is 12.7 Å². The zero-order chi connectivity index (χ0) is 18.8. The molecule has 3 nitrogen and oxygen atoms in total. The molecule has 0 atom stereocenters. The fourth-order valence-electron chi connectivity index (χ4n) is 2.88. The van der Waals surface area contributed by atoms with Gasteiger partial charge in [0.2, 0.25) is 0 Å². The van der Waals surface area contributed by atoms with E-state index >= 15 is 0 Å². The van der Waals surface area contributed by atoms with Crippen molar-refractivity contribution in [2.24, 2.45) is 0 Å². The normalized spacial score (nSPS) is 11.2. The van der Waals surface area contributed by atoms with E-state index in [4.69, 9.17) is 16.6 Å². The second-order valence-electron chi connectivity index (χ2n) is 6.32. The number of rotatable bonds is 5. The molecule has 6 heteroatoms. The largest absolute Gasteiger partial charge is 0.313 e. The van der Waals surface area contributed by atoms with Gasteiger partial charge in [0, 0.05) is 22.5 Å². The molecule has 0 saturated heterocycles. The van der Waals surface area contributed by atoms with Crippen molar-refractivity contribution in [2.75, 3.05) is 0 Å². The predicted octanol–water partition coefficient (Wildman–Crippen LogP) is 5.87. The average molecular weight is 398 g/mol. The minimum atomic E-state index is -0.317. The summed E-state index contributed by atoms with van der Waals surface area (Å²) in [4.78, 5) is 8.93. The third kappa shape index (κ3) is 3.84. The van der Waals surface area contributed by atoms with Crippen molar-refractivity contribution in [1.82, 2.24) is 14.5 Å². The average Bonchev–Trinajstić information content (AvgIpc) is 3.02. The van der Waals surface area contributed by atoms with E-state index in [0.29, 0.717) is 17.1 Å². The van der Waals surface area contributed by atoms with Gasteiger partial charge in [0.25, 0.3) is 0 Å². The molecule has 136 valence electrons. The molecule has 0 fully saturated rings.